The van der Waals surface area contributed by atoms with Gasteiger partial charge in [0.15, 0.2) is 5.82 Å². The van der Waals surface area contributed by atoms with E-state index < -0.39 is 0 Å². The molecule has 0 spiro atoms. The zero-order chi connectivity index (χ0) is 12.6. The van der Waals surface area contributed by atoms with Crippen LogP contribution in [0.25, 0.3) is 11.1 Å². The molecule has 0 saturated heterocycles. The van der Waals surface area contributed by atoms with Gasteiger partial charge in [0.25, 0.3) is 0 Å². The van der Waals surface area contributed by atoms with Crippen LogP contribution in [0.5, 0.6) is 0 Å². The third-order valence-corrected chi connectivity index (χ3v) is 3.01. The standard InChI is InChI=1S/C14H19N3/c1-9-12(13(15)17-16-9)10-5-7-11(8-6-10)14(2,3)4/h5-8H,1-4H3,(H3,15,16,17). The minimum Gasteiger partial charge on any atom is -0.382 e. The molecule has 0 aliphatic heterocycles. The highest BCUT2D eigenvalue weighted by Crippen LogP contribution is 2.30. The first-order valence-corrected chi connectivity index (χ1v) is 5.81. The number of H-pyrrole nitrogens is 1. The summed E-state index contributed by atoms with van der Waals surface area (Å²) in [5.41, 5.74) is 10.5. The molecule has 0 aliphatic rings. The Hall–Kier alpha value is -1.77. The van der Waals surface area contributed by atoms with Crippen LogP contribution in [-0.2, 0) is 5.41 Å². The summed E-state index contributed by atoms with van der Waals surface area (Å²) in [5.74, 6) is 0.561. The quantitative estimate of drug-likeness (QED) is 0.788. The van der Waals surface area contributed by atoms with Gasteiger partial charge < -0.3 is 5.73 Å². The lowest BCUT2D eigenvalue weighted by molar-refractivity contribution is 0.590. The molecule has 0 atom stereocenters. The fraction of sp³-hybridized carbons (Fsp3) is 0.357. The van der Waals surface area contributed by atoms with Gasteiger partial charge in [-0.15, -0.1) is 0 Å². The van der Waals surface area contributed by atoms with E-state index in [2.05, 4.69) is 55.2 Å². The number of nitrogen functional groups attached to an aromatic ring is 1. The SMILES string of the molecule is Cc1[nH]nc(N)c1-c1ccc(C(C)(C)C)cc1. The van der Waals surface area contributed by atoms with Crippen molar-refractivity contribution in [2.45, 2.75) is 33.1 Å². The molecule has 3 heteroatoms. The fourth-order valence-electron chi connectivity index (χ4n) is 1.95. The molecule has 0 unspecified atom stereocenters. The van der Waals surface area contributed by atoms with Crippen LogP contribution in [0.3, 0.4) is 0 Å². The maximum Gasteiger partial charge on any atom is 0.153 e. The molecule has 90 valence electrons. The summed E-state index contributed by atoms with van der Waals surface area (Å²) in [7, 11) is 0. The summed E-state index contributed by atoms with van der Waals surface area (Å²) < 4.78 is 0. The molecular formula is C14H19N3. The van der Waals surface area contributed by atoms with Crippen LogP contribution in [0.15, 0.2) is 24.3 Å². The summed E-state index contributed by atoms with van der Waals surface area (Å²) in [6.07, 6.45) is 0. The molecule has 0 saturated carbocycles. The monoisotopic (exact) mass is 229 g/mol. The number of benzene rings is 1. The number of nitrogens with two attached hydrogens (primary N) is 1. The number of aromatic nitrogens is 2. The van der Waals surface area contributed by atoms with Crippen molar-refractivity contribution in [2.24, 2.45) is 0 Å². The molecule has 2 rings (SSSR count). The van der Waals surface area contributed by atoms with Crippen molar-refractivity contribution >= 4 is 5.82 Å². The van der Waals surface area contributed by atoms with Crippen LogP contribution in [0.2, 0.25) is 0 Å². The van der Waals surface area contributed by atoms with E-state index in [-0.39, 0.29) is 5.41 Å². The predicted molar refractivity (Wildman–Crippen MR) is 71.9 cm³/mol. The Bertz CT molecular complexity index is 496. The minimum atomic E-state index is 0.176. The lowest BCUT2D eigenvalue weighted by Gasteiger charge is -2.19. The van der Waals surface area contributed by atoms with E-state index >= 15 is 0 Å². The fourth-order valence-corrected chi connectivity index (χ4v) is 1.95. The Morgan fingerprint density at radius 2 is 1.71 bits per heavy atom. The summed E-state index contributed by atoms with van der Waals surface area (Å²) in [5, 5.41) is 6.92. The lowest BCUT2D eigenvalue weighted by atomic mass is 9.86. The van der Waals surface area contributed by atoms with Gasteiger partial charge in [0.05, 0.1) is 0 Å². The number of hydrogen-bond donors (Lipinski definition) is 2. The van der Waals surface area contributed by atoms with Crippen LogP contribution in [0.4, 0.5) is 5.82 Å². The first-order chi connectivity index (χ1) is 7.89. The Balaban J connectivity index is 2.43. The molecule has 2 aromatic rings. The highest BCUT2D eigenvalue weighted by atomic mass is 15.2. The van der Waals surface area contributed by atoms with E-state index in [4.69, 9.17) is 5.73 Å². The highest BCUT2D eigenvalue weighted by Gasteiger charge is 2.14. The maximum atomic E-state index is 5.85. The smallest absolute Gasteiger partial charge is 0.153 e. The number of rotatable bonds is 1. The molecule has 0 aliphatic carbocycles. The van der Waals surface area contributed by atoms with Gasteiger partial charge in [0.2, 0.25) is 0 Å². The molecule has 0 amide bonds. The van der Waals surface area contributed by atoms with E-state index in [1.807, 2.05) is 6.92 Å². The Morgan fingerprint density at radius 1 is 1.12 bits per heavy atom. The molecule has 1 aromatic carbocycles. The van der Waals surface area contributed by atoms with E-state index in [9.17, 15) is 0 Å². The Morgan fingerprint density at radius 3 is 2.12 bits per heavy atom. The number of nitrogens with zero attached hydrogens (tertiary/aromatic N) is 1. The van der Waals surface area contributed by atoms with Crippen molar-refractivity contribution < 1.29 is 0 Å². The van der Waals surface area contributed by atoms with E-state index in [0.717, 1.165) is 16.8 Å². The zero-order valence-corrected chi connectivity index (χ0v) is 10.8. The van der Waals surface area contributed by atoms with Gasteiger partial charge in [-0.1, -0.05) is 45.0 Å². The van der Waals surface area contributed by atoms with Gasteiger partial charge >= 0.3 is 0 Å². The normalized spacial score (nSPS) is 11.8. The first-order valence-electron chi connectivity index (χ1n) is 5.81. The van der Waals surface area contributed by atoms with Crippen LogP contribution in [0.1, 0.15) is 32.0 Å². The lowest BCUT2D eigenvalue weighted by Crippen LogP contribution is -2.10. The van der Waals surface area contributed by atoms with E-state index in [1.165, 1.54) is 5.56 Å². The second kappa shape index (κ2) is 3.91. The third-order valence-electron chi connectivity index (χ3n) is 3.01. The second-order valence-corrected chi connectivity index (χ2v) is 5.44. The topological polar surface area (TPSA) is 54.7 Å². The van der Waals surface area contributed by atoms with Gasteiger partial charge in [-0.2, -0.15) is 5.10 Å². The van der Waals surface area contributed by atoms with Crippen molar-refractivity contribution in [2.75, 3.05) is 5.73 Å². The van der Waals surface area contributed by atoms with E-state index in [0.29, 0.717) is 5.82 Å². The van der Waals surface area contributed by atoms with Crippen LogP contribution in [-0.4, -0.2) is 10.2 Å². The highest BCUT2D eigenvalue weighted by molar-refractivity contribution is 5.76. The van der Waals surface area contributed by atoms with Crippen molar-refractivity contribution in [3.8, 4) is 11.1 Å². The van der Waals surface area contributed by atoms with Crippen molar-refractivity contribution in [1.82, 2.24) is 10.2 Å². The van der Waals surface area contributed by atoms with Crippen molar-refractivity contribution in [3.63, 3.8) is 0 Å². The number of nitrogens with one attached hydrogen (secondary N) is 1. The first kappa shape index (κ1) is 11.7. The molecule has 17 heavy (non-hydrogen) atoms. The van der Waals surface area contributed by atoms with Crippen LogP contribution in [0, 0.1) is 6.92 Å². The number of aryl methyl sites for hydroxylation is 1. The Labute approximate surface area is 102 Å². The zero-order valence-electron chi connectivity index (χ0n) is 10.8. The van der Waals surface area contributed by atoms with Gasteiger partial charge in [-0.25, -0.2) is 0 Å². The van der Waals surface area contributed by atoms with Crippen LogP contribution >= 0.6 is 0 Å². The van der Waals surface area contributed by atoms with Gasteiger partial charge in [-0.3, -0.25) is 5.10 Å². The summed E-state index contributed by atoms with van der Waals surface area (Å²) in [6, 6.07) is 8.52. The average molecular weight is 229 g/mol. The molecule has 0 radical (unpaired) electrons. The van der Waals surface area contributed by atoms with Gasteiger partial charge in [0.1, 0.15) is 0 Å². The molecule has 0 bridgehead atoms. The third kappa shape index (κ3) is 2.18. The summed E-state index contributed by atoms with van der Waals surface area (Å²) in [4.78, 5) is 0. The Kier molecular flexibility index (Phi) is 2.69. The van der Waals surface area contributed by atoms with Gasteiger partial charge in [0, 0.05) is 11.3 Å². The van der Waals surface area contributed by atoms with Gasteiger partial charge in [-0.05, 0) is 23.5 Å². The van der Waals surface area contributed by atoms with Crippen molar-refractivity contribution in [1.29, 1.82) is 0 Å². The number of anilines is 1. The molecule has 3 N–H and O–H groups in total. The maximum absolute atomic E-state index is 5.85. The number of aromatic amines is 1. The summed E-state index contributed by atoms with van der Waals surface area (Å²) >= 11 is 0. The predicted octanol–water partition coefficient (Wildman–Crippen LogP) is 3.26. The second-order valence-electron chi connectivity index (χ2n) is 5.44. The van der Waals surface area contributed by atoms with E-state index in [1.54, 1.807) is 0 Å². The molecule has 1 aromatic heterocycles. The number of hydrogen-bond acceptors (Lipinski definition) is 2. The molecule has 1 heterocycles. The minimum absolute atomic E-state index is 0.176. The molecular weight excluding hydrogens is 210 g/mol. The average Bonchev–Trinajstić information content (AvgIpc) is 2.58. The van der Waals surface area contributed by atoms with Crippen LogP contribution < -0.4 is 5.73 Å². The molecule has 3 nitrogen and oxygen atoms in total. The molecule has 0 fully saturated rings. The van der Waals surface area contributed by atoms with Crippen molar-refractivity contribution in [3.05, 3.63) is 35.5 Å². The summed E-state index contributed by atoms with van der Waals surface area (Å²) in [6.45, 7) is 8.61. The largest absolute Gasteiger partial charge is 0.382 e.